The quantitative estimate of drug-likeness (QED) is 0.395. The number of nitro groups is 1. The topological polar surface area (TPSA) is 119 Å². The first-order valence-corrected chi connectivity index (χ1v) is 9.37. The van der Waals surface area contributed by atoms with E-state index < -0.39 is 16.9 Å². The Hall–Kier alpha value is -4.01. The second-order valence-electron chi connectivity index (χ2n) is 6.77. The van der Waals surface area contributed by atoms with Crippen molar-refractivity contribution in [3.63, 3.8) is 0 Å². The summed E-state index contributed by atoms with van der Waals surface area (Å²) in [5.41, 5.74) is 1.50. The van der Waals surface area contributed by atoms with Gasteiger partial charge >= 0.3 is 0 Å². The third-order valence-corrected chi connectivity index (χ3v) is 4.86. The maximum Gasteiger partial charge on any atom is 0.276 e. The number of piperazine rings is 1. The summed E-state index contributed by atoms with van der Waals surface area (Å²) in [7, 11) is 0. The molecule has 1 saturated heterocycles. The fourth-order valence-electron chi connectivity index (χ4n) is 3.41. The van der Waals surface area contributed by atoms with Gasteiger partial charge in [0.1, 0.15) is 11.6 Å². The molecular weight excluding hydrogens is 388 g/mol. The van der Waals surface area contributed by atoms with E-state index >= 15 is 0 Å². The number of fused-ring (bicyclic) bond motifs is 1. The van der Waals surface area contributed by atoms with Crippen molar-refractivity contribution >= 4 is 34.7 Å². The lowest BCUT2D eigenvalue weighted by Gasteiger charge is -2.33. The fourth-order valence-corrected chi connectivity index (χ4v) is 3.41. The summed E-state index contributed by atoms with van der Waals surface area (Å²) < 4.78 is 5.70. The number of nitro benzene ring substituents is 1. The number of amides is 2. The molecular formula is C21H18N4O5. The van der Waals surface area contributed by atoms with E-state index in [2.05, 4.69) is 10.3 Å². The third kappa shape index (κ3) is 3.90. The number of nitrogens with one attached hydrogen (secondary N) is 1. The van der Waals surface area contributed by atoms with Crippen molar-refractivity contribution in [2.45, 2.75) is 12.5 Å². The van der Waals surface area contributed by atoms with E-state index in [-0.39, 0.29) is 18.0 Å². The Bertz CT molecular complexity index is 1120. The van der Waals surface area contributed by atoms with Gasteiger partial charge in [-0.15, -0.1) is 0 Å². The average Bonchev–Trinajstić information content (AvgIpc) is 3.16. The number of para-hydroxylation sites is 3. The van der Waals surface area contributed by atoms with Crippen molar-refractivity contribution in [1.82, 2.24) is 15.2 Å². The van der Waals surface area contributed by atoms with Crippen molar-refractivity contribution in [1.29, 1.82) is 0 Å². The highest BCUT2D eigenvalue weighted by molar-refractivity contribution is 5.96. The second kappa shape index (κ2) is 8.16. The molecule has 9 nitrogen and oxygen atoms in total. The molecule has 2 amide bonds. The molecule has 1 N–H and O–H groups in total. The Labute approximate surface area is 171 Å². The summed E-state index contributed by atoms with van der Waals surface area (Å²) in [6.45, 7) is 0.644. The van der Waals surface area contributed by atoms with Crippen LogP contribution < -0.4 is 5.32 Å². The monoisotopic (exact) mass is 406 g/mol. The zero-order valence-electron chi connectivity index (χ0n) is 15.9. The van der Waals surface area contributed by atoms with Crippen molar-refractivity contribution in [3.8, 4) is 0 Å². The molecule has 3 aromatic rings. The van der Waals surface area contributed by atoms with Crippen LogP contribution in [-0.4, -0.2) is 45.8 Å². The number of aromatic nitrogens is 1. The van der Waals surface area contributed by atoms with Gasteiger partial charge in [-0.25, -0.2) is 4.98 Å². The van der Waals surface area contributed by atoms with E-state index in [4.69, 9.17) is 4.42 Å². The predicted molar refractivity (Wildman–Crippen MR) is 108 cm³/mol. The van der Waals surface area contributed by atoms with Gasteiger partial charge < -0.3 is 14.6 Å². The van der Waals surface area contributed by atoms with E-state index in [0.29, 0.717) is 35.6 Å². The number of hydrogen-bond donors (Lipinski definition) is 1. The highest BCUT2D eigenvalue weighted by atomic mass is 16.6. The van der Waals surface area contributed by atoms with Crippen LogP contribution in [0, 0.1) is 10.1 Å². The summed E-state index contributed by atoms with van der Waals surface area (Å²) in [4.78, 5) is 41.7. The van der Waals surface area contributed by atoms with E-state index in [1.165, 1.54) is 23.1 Å². The molecule has 0 spiro atoms. The van der Waals surface area contributed by atoms with Crippen molar-refractivity contribution in [3.05, 3.63) is 76.2 Å². The van der Waals surface area contributed by atoms with Gasteiger partial charge in [-0.3, -0.25) is 19.7 Å². The summed E-state index contributed by atoms with van der Waals surface area (Å²) in [6, 6.07) is 12.6. The van der Waals surface area contributed by atoms with Crippen LogP contribution in [0.15, 0.2) is 59.0 Å². The molecule has 152 valence electrons. The average molecular weight is 406 g/mol. The summed E-state index contributed by atoms with van der Waals surface area (Å²) >= 11 is 0. The SMILES string of the molecule is O=C1NCCN(C(=O)C=Cc2ccccc2[N+](=O)[O-])C1Cc1nc2ccccc2o1. The number of carbonyl (C=O) groups is 2. The third-order valence-electron chi connectivity index (χ3n) is 4.86. The molecule has 0 saturated carbocycles. The van der Waals surface area contributed by atoms with Crippen LogP contribution in [0.1, 0.15) is 11.5 Å². The number of benzene rings is 2. The molecule has 0 bridgehead atoms. The highest BCUT2D eigenvalue weighted by Crippen LogP contribution is 2.21. The van der Waals surface area contributed by atoms with Crippen molar-refractivity contribution < 1.29 is 18.9 Å². The Morgan fingerprint density at radius 3 is 2.83 bits per heavy atom. The number of carbonyl (C=O) groups excluding carboxylic acids is 2. The summed E-state index contributed by atoms with van der Waals surface area (Å²) in [5, 5.41) is 13.9. The molecule has 30 heavy (non-hydrogen) atoms. The molecule has 1 aromatic heterocycles. The molecule has 2 heterocycles. The van der Waals surface area contributed by atoms with Crippen molar-refractivity contribution in [2.24, 2.45) is 0 Å². The Kier molecular flexibility index (Phi) is 5.25. The minimum atomic E-state index is -0.783. The molecule has 4 rings (SSSR count). The van der Waals surface area contributed by atoms with Crippen LogP contribution in [0.4, 0.5) is 5.69 Å². The zero-order valence-corrected chi connectivity index (χ0v) is 15.9. The predicted octanol–water partition coefficient (Wildman–Crippen LogP) is 2.32. The van der Waals surface area contributed by atoms with Crippen LogP contribution in [-0.2, 0) is 16.0 Å². The van der Waals surface area contributed by atoms with Crippen LogP contribution in [0.2, 0.25) is 0 Å². The molecule has 1 atom stereocenters. The first-order chi connectivity index (χ1) is 14.5. The Morgan fingerprint density at radius 1 is 1.27 bits per heavy atom. The normalized spacial score (nSPS) is 16.7. The van der Waals surface area contributed by atoms with Crippen molar-refractivity contribution in [2.75, 3.05) is 13.1 Å². The standard InChI is InChI=1S/C21H18N4O5/c26-20(10-9-14-5-1-3-7-16(14)25(28)29)24-12-11-22-21(27)17(24)13-19-23-15-6-2-4-8-18(15)30-19/h1-10,17H,11-13H2,(H,22,27). The number of oxazole rings is 1. The Balaban J connectivity index is 1.55. The van der Waals surface area contributed by atoms with E-state index in [1.807, 2.05) is 18.2 Å². The molecule has 0 radical (unpaired) electrons. The molecule has 1 aliphatic heterocycles. The lowest BCUT2D eigenvalue weighted by molar-refractivity contribution is -0.385. The van der Waals surface area contributed by atoms with E-state index in [0.717, 1.165) is 0 Å². The largest absolute Gasteiger partial charge is 0.441 e. The van der Waals surface area contributed by atoms with Gasteiger partial charge in [-0.2, -0.15) is 0 Å². The molecule has 0 aliphatic carbocycles. The molecule has 1 aliphatic rings. The molecule has 9 heteroatoms. The second-order valence-corrected chi connectivity index (χ2v) is 6.77. The number of nitrogens with zero attached hydrogens (tertiary/aromatic N) is 3. The summed E-state index contributed by atoms with van der Waals surface area (Å²) in [6.07, 6.45) is 2.77. The molecule has 1 unspecified atom stereocenters. The van der Waals surface area contributed by atoms with Crippen LogP contribution in [0.5, 0.6) is 0 Å². The number of rotatable bonds is 5. The first kappa shape index (κ1) is 19.3. The van der Waals surface area contributed by atoms with Crippen LogP contribution in [0.25, 0.3) is 17.2 Å². The smallest absolute Gasteiger partial charge is 0.276 e. The minimum absolute atomic E-state index is 0.0963. The van der Waals surface area contributed by atoms with Gasteiger partial charge in [0.25, 0.3) is 5.69 Å². The van der Waals surface area contributed by atoms with Gasteiger partial charge in [0.2, 0.25) is 11.8 Å². The maximum absolute atomic E-state index is 12.8. The van der Waals surface area contributed by atoms with Gasteiger partial charge in [0.15, 0.2) is 11.5 Å². The minimum Gasteiger partial charge on any atom is -0.441 e. The molecule has 2 aromatic carbocycles. The van der Waals surface area contributed by atoms with E-state index in [1.54, 1.807) is 24.3 Å². The lowest BCUT2D eigenvalue weighted by Crippen LogP contribution is -2.57. The Morgan fingerprint density at radius 2 is 2.03 bits per heavy atom. The number of hydrogen-bond acceptors (Lipinski definition) is 6. The highest BCUT2D eigenvalue weighted by Gasteiger charge is 2.33. The van der Waals surface area contributed by atoms with Crippen LogP contribution >= 0.6 is 0 Å². The lowest BCUT2D eigenvalue weighted by atomic mass is 10.1. The van der Waals surface area contributed by atoms with Gasteiger partial charge in [0.05, 0.1) is 16.9 Å². The zero-order chi connectivity index (χ0) is 21.1. The first-order valence-electron chi connectivity index (χ1n) is 9.37. The summed E-state index contributed by atoms with van der Waals surface area (Å²) in [5.74, 6) is -0.348. The maximum atomic E-state index is 12.8. The van der Waals surface area contributed by atoms with Gasteiger partial charge in [-0.1, -0.05) is 24.3 Å². The molecule has 1 fully saturated rings. The van der Waals surface area contributed by atoms with Crippen LogP contribution in [0.3, 0.4) is 0 Å². The fraction of sp³-hybridized carbons (Fsp3) is 0.190. The van der Waals surface area contributed by atoms with E-state index in [9.17, 15) is 19.7 Å². The van der Waals surface area contributed by atoms with Gasteiger partial charge in [0, 0.05) is 25.2 Å². The van der Waals surface area contributed by atoms with Gasteiger partial charge in [-0.05, 0) is 24.3 Å².